The zero-order valence-corrected chi connectivity index (χ0v) is 17.4. The van der Waals surface area contributed by atoms with Crippen LogP contribution in [0.25, 0.3) is 0 Å². The SMILES string of the molecule is CCOc1cccc(C(=O)N2CCC3(CC2)CC(=O)c2cc(Cl)cc(C)c2O3)c1. The topological polar surface area (TPSA) is 55.8 Å². The van der Waals surface area contributed by atoms with E-state index in [0.29, 0.717) is 66.6 Å². The van der Waals surface area contributed by atoms with Gasteiger partial charge < -0.3 is 14.4 Å². The summed E-state index contributed by atoms with van der Waals surface area (Å²) in [5.74, 6) is 1.36. The Balaban J connectivity index is 1.49. The fraction of sp³-hybridized carbons (Fsp3) is 0.391. The number of likely N-dealkylation sites (tertiary alicyclic amines) is 1. The zero-order chi connectivity index (χ0) is 20.6. The van der Waals surface area contributed by atoms with Gasteiger partial charge >= 0.3 is 0 Å². The van der Waals surface area contributed by atoms with E-state index < -0.39 is 5.60 Å². The first-order valence-electron chi connectivity index (χ1n) is 9.95. The number of aryl methyl sites for hydroxylation is 1. The van der Waals surface area contributed by atoms with Gasteiger partial charge in [0, 0.05) is 36.5 Å². The lowest BCUT2D eigenvalue weighted by Gasteiger charge is -2.44. The third-order valence-corrected chi connectivity index (χ3v) is 5.91. The Morgan fingerprint density at radius 1 is 1.24 bits per heavy atom. The maximum Gasteiger partial charge on any atom is 0.253 e. The first kappa shape index (κ1) is 19.8. The van der Waals surface area contributed by atoms with Gasteiger partial charge in [-0.15, -0.1) is 0 Å². The van der Waals surface area contributed by atoms with Crippen molar-refractivity contribution in [3.05, 3.63) is 58.1 Å². The molecule has 1 spiro atoms. The Morgan fingerprint density at radius 3 is 2.72 bits per heavy atom. The van der Waals surface area contributed by atoms with Crippen molar-refractivity contribution in [1.29, 1.82) is 0 Å². The first-order chi connectivity index (χ1) is 13.9. The number of carbonyl (C=O) groups is 2. The number of ketones is 1. The Hall–Kier alpha value is -2.53. The number of rotatable bonds is 3. The molecule has 6 heteroatoms. The molecule has 0 aliphatic carbocycles. The van der Waals surface area contributed by atoms with E-state index in [1.54, 1.807) is 18.2 Å². The number of nitrogens with zero attached hydrogens (tertiary/aromatic N) is 1. The standard InChI is InChI=1S/C23H24ClNO4/c1-3-28-18-6-4-5-16(12-18)22(27)25-9-7-23(8-10-25)14-20(26)19-13-17(24)11-15(2)21(19)29-23/h4-6,11-13H,3,7-10,14H2,1-2H3. The molecule has 29 heavy (non-hydrogen) atoms. The molecule has 0 aromatic heterocycles. The average molecular weight is 414 g/mol. The van der Waals surface area contributed by atoms with E-state index in [9.17, 15) is 9.59 Å². The molecule has 2 aliphatic rings. The lowest BCUT2D eigenvalue weighted by molar-refractivity contribution is -0.00618. The second kappa shape index (κ2) is 7.71. The second-order valence-corrected chi connectivity index (χ2v) is 8.17. The van der Waals surface area contributed by atoms with Crippen molar-refractivity contribution in [2.24, 2.45) is 0 Å². The van der Waals surface area contributed by atoms with Crippen LogP contribution < -0.4 is 9.47 Å². The molecule has 152 valence electrons. The maximum atomic E-state index is 12.9. The van der Waals surface area contributed by atoms with Gasteiger partial charge in [0.15, 0.2) is 5.78 Å². The third-order valence-electron chi connectivity index (χ3n) is 5.69. The van der Waals surface area contributed by atoms with Crippen molar-refractivity contribution in [3.63, 3.8) is 0 Å². The Kier molecular flexibility index (Phi) is 5.26. The summed E-state index contributed by atoms with van der Waals surface area (Å²) in [5.41, 5.74) is 1.49. The molecule has 2 aromatic carbocycles. The minimum atomic E-state index is -0.549. The van der Waals surface area contributed by atoms with Crippen LogP contribution in [0.2, 0.25) is 5.02 Å². The van der Waals surface area contributed by atoms with Crippen molar-refractivity contribution in [2.75, 3.05) is 19.7 Å². The molecular weight excluding hydrogens is 390 g/mol. The van der Waals surface area contributed by atoms with Crippen molar-refractivity contribution in [1.82, 2.24) is 4.90 Å². The minimum absolute atomic E-state index is 0.0214. The predicted octanol–water partition coefficient (Wildman–Crippen LogP) is 4.69. The van der Waals surface area contributed by atoms with Gasteiger partial charge in [-0.1, -0.05) is 17.7 Å². The first-order valence-corrected chi connectivity index (χ1v) is 10.3. The van der Waals surface area contributed by atoms with E-state index in [-0.39, 0.29) is 11.7 Å². The lowest BCUT2D eigenvalue weighted by Crippen LogP contribution is -2.52. The molecule has 2 aliphatic heterocycles. The van der Waals surface area contributed by atoms with Crippen LogP contribution in [-0.2, 0) is 0 Å². The van der Waals surface area contributed by atoms with Crippen molar-refractivity contribution < 1.29 is 19.1 Å². The van der Waals surface area contributed by atoms with Gasteiger partial charge in [-0.25, -0.2) is 0 Å². The molecule has 4 rings (SSSR count). The quantitative estimate of drug-likeness (QED) is 0.732. The molecular formula is C23H24ClNO4. The lowest BCUT2D eigenvalue weighted by atomic mass is 9.82. The largest absolute Gasteiger partial charge is 0.494 e. The monoisotopic (exact) mass is 413 g/mol. The number of piperidine rings is 1. The normalized spacial score (nSPS) is 17.6. The van der Waals surface area contributed by atoms with E-state index in [1.165, 1.54) is 0 Å². The zero-order valence-electron chi connectivity index (χ0n) is 16.7. The van der Waals surface area contributed by atoms with Crippen LogP contribution in [0, 0.1) is 6.92 Å². The Bertz CT molecular complexity index is 963. The van der Waals surface area contributed by atoms with Gasteiger partial charge in [0.2, 0.25) is 0 Å². The molecule has 1 amide bonds. The number of halogens is 1. The van der Waals surface area contributed by atoms with E-state index >= 15 is 0 Å². The molecule has 0 N–H and O–H groups in total. The van der Waals surface area contributed by atoms with Crippen LogP contribution in [0.15, 0.2) is 36.4 Å². The summed E-state index contributed by atoms with van der Waals surface area (Å²) in [7, 11) is 0. The number of carbonyl (C=O) groups excluding carboxylic acids is 2. The molecule has 0 saturated carbocycles. The molecule has 2 aromatic rings. The van der Waals surface area contributed by atoms with Crippen LogP contribution in [0.3, 0.4) is 0 Å². The number of Topliss-reactive ketones (excluding diaryl/α,β-unsaturated/α-hetero) is 1. The van der Waals surface area contributed by atoms with Gasteiger partial charge in [-0.05, 0) is 49.7 Å². The van der Waals surface area contributed by atoms with Crippen LogP contribution >= 0.6 is 11.6 Å². The minimum Gasteiger partial charge on any atom is -0.494 e. The molecule has 0 unspecified atom stereocenters. The highest BCUT2D eigenvalue weighted by Crippen LogP contribution is 2.42. The van der Waals surface area contributed by atoms with Crippen LogP contribution in [0.1, 0.15) is 52.5 Å². The van der Waals surface area contributed by atoms with Gasteiger partial charge in [0.05, 0.1) is 18.6 Å². The summed E-state index contributed by atoms with van der Waals surface area (Å²) in [4.78, 5) is 27.5. The second-order valence-electron chi connectivity index (χ2n) is 7.74. The van der Waals surface area contributed by atoms with E-state index in [1.807, 2.05) is 36.9 Å². The van der Waals surface area contributed by atoms with E-state index in [2.05, 4.69) is 0 Å². The summed E-state index contributed by atoms with van der Waals surface area (Å²) in [5, 5.41) is 0.545. The van der Waals surface area contributed by atoms with Gasteiger partial charge in [0.1, 0.15) is 17.1 Å². The number of amides is 1. The van der Waals surface area contributed by atoms with Crippen LogP contribution in [0.4, 0.5) is 0 Å². The fourth-order valence-electron chi connectivity index (χ4n) is 4.18. The summed E-state index contributed by atoms with van der Waals surface area (Å²) in [6.45, 7) is 5.47. The average Bonchev–Trinajstić information content (AvgIpc) is 2.70. The van der Waals surface area contributed by atoms with E-state index in [4.69, 9.17) is 21.1 Å². The molecule has 5 nitrogen and oxygen atoms in total. The van der Waals surface area contributed by atoms with Gasteiger partial charge in [-0.2, -0.15) is 0 Å². The predicted molar refractivity (Wildman–Crippen MR) is 111 cm³/mol. The molecule has 0 atom stereocenters. The number of fused-ring (bicyclic) bond motifs is 1. The van der Waals surface area contributed by atoms with Crippen molar-refractivity contribution in [2.45, 2.75) is 38.7 Å². The van der Waals surface area contributed by atoms with Gasteiger partial charge in [0.25, 0.3) is 5.91 Å². The van der Waals surface area contributed by atoms with E-state index in [0.717, 1.165) is 5.56 Å². The molecule has 0 bridgehead atoms. The number of ether oxygens (including phenoxy) is 2. The fourth-order valence-corrected chi connectivity index (χ4v) is 4.45. The number of benzene rings is 2. The summed E-state index contributed by atoms with van der Waals surface area (Å²) >= 11 is 6.11. The Morgan fingerprint density at radius 2 is 2.00 bits per heavy atom. The highest BCUT2D eigenvalue weighted by Gasteiger charge is 2.44. The summed E-state index contributed by atoms with van der Waals surface area (Å²) < 4.78 is 11.9. The highest BCUT2D eigenvalue weighted by atomic mass is 35.5. The maximum absolute atomic E-state index is 12.9. The van der Waals surface area contributed by atoms with Crippen LogP contribution in [0.5, 0.6) is 11.5 Å². The molecule has 0 radical (unpaired) electrons. The highest BCUT2D eigenvalue weighted by molar-refractivity contribution is 6.31. The molecule has 1 saturated heterocycles. The van der Waals surface area contributed by atoms with Crippen molar-refractivity contribution >= 4 is 23.3 Å². The smallest absolute Gasteiger partial charge is 0.253 e. The summed E-state index contributed by atoms with van der Waals surface area (Å²) in [6.07, 6.45) is 1.57. The number of hydrogen-bond donors (Lipinski definition) is 0. The van der Waals surface area contributed by atoms with Crippen LogP contribution in [-0.4, -0.2) is 41.9 Å². The third kappa shape index (κ3) is 3.84. The number of hydrogen-bond acceptors (Lipinski definition) is 4. The Labute approximate surface area is 175 Å². The van der Waals surface area contributed by atoms with Crippen molar-refractivity contribution in [3.8, 4) is 11.5 Å². The molecule has 2 heterocycles. The summed E-state index contributed by atoms with van der Waals surface area (Å²) in [6, 6.07) is 10.8. The molecule has 1 fully saturated rings. The van der Waals surface area contributed by atoms with Gasteiger partial charge in [-0.3, -0.25) is 9.59 Å².